The first kappa shape index (κ1) is 16.6. The van der Waals surface area contributed by atoms with Gasteiger partial charge in [-0.25, -0.2) is 0 Å². The lowest BCUT2D eigenvalue weighted by molar-refractivity contribution is -0.144. The summed E-state index contributed by atoms with van der Waals surface area (Å²) in [4.78, 5) is 12.9. The minimum absolute atomic E-state index is 0.0721. The van der Waals surface area contributed by atoms with E-state index >= 15 is 0 Å². The van der Waals surface area contributed by atoms with Crippen LogP contribution in [0.15, 0.2) is 24.3 Å². The van der Waals surface area contributed by atoms with E-state index < -0.39 is 0 Å². The van der Waals surface area contributed by atoms with E-state index in [9.17, 15) is 4.79 Å². The summed E-state index contributed by atoms with van der Waals surface area (Å²) in [5, 5.41) is 14.0. The van der Waals surface area contributed by atoms with Crippen molar-refractivity contribution in [3.63, 3.8) is 0 Å². The molecule has 4 aliphatic carbocycles. The van der Waals surface area contributed by atoms with Crippen LogP contribution in [-0.2, 0) is 4.79 Å². The fourth-order valence-electron chi connectivity index (χ4n) is 5.76. The largest absolute Gasteiger partial charge is 0.326 e. The second-order valence-corrected chi connectivity index (χ2v) is 8.93. The third-order valence-corrected chi connectivity index (χ3v) is 6.61. The van der Waals surface area contributed by atoms with Crippen molar-refractivity contribution < 1.29 is 4.79 Å². The number of rotatable bonds is 3. The Morgan fingerprint density at radius 3 is 2.04 bits per heavy atom. The van der Waals surface area contributed by atoms with E-state index in [1.165, 1.54) is 24.8 Å². The lowest BCUT2D eigenvalue weighted by Crippen LogP contribution is -2.55. The van der Waals surface area contributed by atoms with Crippen molar-refractivity contribution in [3.8, 4) is 0 Å². The van der Waals surface area contributed by atoms with Gasteiger partial charge in [0.15, 0.2) is 5.96 Å². The Bertz CT molecular complexity index is 642. The molecule has 0 aromatic heterocycles. The van der Waals surface area contributed by atoms with Crippen LogP contribution in [0.5, 0.6) is 0 Å². The zero-order chi connectivity index (χ0) is 17.6. The highest BCUT2D eigenvalue weighted by Gasteiger charge is 2.54. The molecular formula is C21H29N3O. The molecule has 134 valence electrons. The maximum atomic E-state index is 12.9. The first-order valence-electron chi connectivity index (χ1n) is 9.70. The van der Waals surface area contributed by atoms with E-state index in [0.29, 0.717) is 5.92 Å². The van der Waals surface area contributed by atoms with E-state index in [1.54, 1.807) is 0 Å². The predicted molar refractivity (Wildman–Crippen MR) is 101 cm³/mol. The molecular weight excluding hydrogens is 310 g/mol. The highest BCUT2D eigenvalue weighted by atomic mass is 16.2. The fraction of sp³-hybridized carbons (Fsp3) is 0.619. The number of benzene rings is 1. The smallest absolute Gasteiger partial charge is 0.232 e. The Labute approximate surface area is 150 Å². The summed E-state index contributed by atoms with van der Waals surface area (Å²) < 4.78 is 0. The summed E-state index contributed by atoms with van der Waals surface area (Å²) >= 11 is 0. The number of nitrogens with one attached hydrogen (secondary N) is 3. The van der Waals surface area contributed by atoms with E-state index in [1.807, 2.05) is 12.1 Å². The lowest BCUT2D eigenvalue weighted by Gasteiger charge is -2.55. The Balaban J connectivity index is 1.38. The summed E-state index contributed by atoms with van der Waals surface area (Å²) in [7, 11) is 0. The van der Waals surface area contributed by atoms with Crippen LogP contribution in [0.25, 0.3) is 0 Å². The Hall–Kier alpha value is -1.84. The first-order chi connectivity index (χ1) is 11.9. The number of hydrogen-bond acceptors (Lipinski definition) is 2. The predicted octanol–water partition coefficient (Wildman–Crippen LogP) is 4.49. The van der Waals surface area contributed by atoms with Crippen LogP contribution in [0.4, 0.5) is 5.69 Å². The molecule has 0 saturated heterocycles. The zero-order valence-corrected chi connectivity index (χ0v) is 15.3. The Kier molecular flexibility index (Phi) is 4.09. The molecule has 4 fully saturated rings. The average molecular weight is 339 g/mol. The van der Waals surface area contributed by atoms with Gasteiger partial charge in [-0.05, 0) is 79.9 Å². The molecule has 1 aromatic rings. The molecule has 3 N–H and O–H groups in total. The first-order valence-corrected chi connectivity index (χ1v) is 9.70. The molecule has 0 spiro atoms. The molecule has 4 nitrogen and oxygen atoms in total. The van der Waals surface area contributed by atoms with E-state index in [4.69, 9.17) is 5.41 Å². The van der Waals surface area contributed by atoms with Crippen molar-refractivity contribution in [1.29, 1.82) is 5.41 Å². The molecule has 0 heterocycles. The van der Waals surface area contributed by atoms with Crippen molar-refractivity contribution in [1.82, 2.24) is 5.32 Å². The summed E-state index contributed by atoms with van der Waals surface area (Å²) in [6, 6.07) is 8.09. The van der Waals surface area contributed by atoms with Crippen LogP contribution in [0.3, 0.4) is 0 Å². The molecule has 4 heteroatoms. The summed E-state index contributed by atoms with van der Waals surface area (Å²) in [6.07, 6.45) is 7.06. The van der Waals surface area contributed by atoms with Gasteiger partial charge in [-0.3, -0.25) is 15.5 Å². The van der Waals surface area contributed by atoms with Gasteiger partial charge in [0.25, 0.3) is 0 Å². The average Bonchev–Trinajstić information content (AvgIpc) is 2.54. The quantitative estimate of drug-likeness (QED) is 0.561. The van der Waals surface area contributed by atoms with Gasteiger partial charge in [-0.1, -0.05) is 26.0 Å². The number of anilines is 1. The van der Waals surface area contributed by atoms with Gasteiger partial charge in [0.05, 0.1) is 5.41 Å². The third-order valence-electron chi connectivity index (χ3n) is 6.61. The van der Waals surface area contributed by atoms with Crippen LogP contribution in [-0.4, -0.2) is 11.9 Å². The second-order valence-electron chi connectivity index (χ2n) is 8.93. The minimum Gasteiger partial charge on any atom is -0.326 e. The molecule has 4 aliphatic rings. The molecule has 0 unspecified atom stereocenters. The maximum Gasteiger partial charge on any atom is 0.232 e. The Morgan fingerprint density at radius 2 is 1.56 bits per heavy atom. The summed E-state index contributed by atoms with van der Waals surface area (Å²) in [5.74, 6) is 2.87. The highest BCUT2D eigenvalue weighted by Crippen LogP contribution is 2.60. The molecule has 4 bridgehead atoms. The standard InChI is InChI=1S/C21H29N3O/c1-13(2)17-3-5-18(6-4-17)23-20(22)24-19(25)21-10-14-7-15(11-21)9-16(8-14)12-21/h3-6,13-16H,7-12H2,1-2H3,(H3,22,23,24,25). The van der Waals surface area contributed by atoms with Gasteiger partial charge in [-0.2, -0.15) is 0 Å². The molecule has 0 radical (unpaired) electrons. The molecule has 0 atom stereocenters. The molecule has 25 heavy (non-hydrogen) atoms. The van der Waals surface area contributed by atoms with Crippen molar-refractivity contribution >= 4 is 17.6 Å². The van der Waals surface area contributed by atoms with Crippen LogP contribution < -0.4 is 10.6 Å². The normalized spacial score (nSPS) is 32.7. The van der Waals surface area contributed by atoms with Crippen LogP contribution >= 0.6 is 0 Å². The topological polar surface area (TPSA) is 65.0 Å². The van der Waals surface area contributed by atoms with Gasteiger partial charge in [0, 0.05) is 5.69 Å². The van der Waals surface area contributed by atoms with Gasteiger partial charge >= 0.3 is 0 Å². The second kappa shape index (κ2) is 6.15. The van der Waals surface area contributed by atoms with Crippen LogP contribution in [0.2, 0.25) is 0 Å². The lowest BCUT2D eigenvalue weighted by atomic mass is 9.49. The summed E-state index contributed by atoms with van der Waals surface area (Å²) in [5.41, 5.74) is 1.92. The molecule has 5 rings (SSSR count). The third kappa shape index (κ3) is 3.19. The minimum atomic E-state index is -0.204. The number of hydrogen-bond donors (Lipinski definition) is 3. The van der Waals surface area contributed by atoms with Gasteiger partial charge in [0.1, 0.15) is 0 Å². The number of amides is 1. The number of carbonyl (C=O) groups excluding carboxylic acids is 1. The Morgan fingerprint density at radius 1 is 1.04 bits per heavy atom. The number of guanidine groups is 1. The van der Waals surface area contributed by atoms with Crippen molar-refractivity contribution in [2.75, 3.05) is 5.32 Å². The van der Waals surface area contributed by atoms with E-state index in [0.717, 1.165) is 42.7 Å². The SMILES string of the molecule is CC(C)c1ccc(NC(=N)NC(=O)C23CC4CC(CC(C4)C2)C3)cc1. The van der Waals surface area contributed by atoms with Crippen molar-refractivity contribution in [2.45, 2.75) is 58.3 Å². The van der Waals surface area contributed by atoms with Crippen LogP contribution in [0, 0.1) is 28.6 Å². The molecule has 4 saturated carbocycles. The zero-order valence-electron chi connectivity index (χ0n) is 15.3. The molecule has 1 aromatic carbocycles. The number of carbonyl (C=O) groups is 1. The van der Waals surface area contributed by atoms with E-state index in [-0.39, 0.29) is 17.3 Å². The van der Waals surface area contributed by atoms with Gasteiger partial charge in [0.2, 0.25) is 5.91 Å². The van der Waals surface area contributed by atoms with Crippen molar-refractivity contribution in [3.05, 3.63) is 29.8 Å². The van der Waals surface area contributed by atoms with Gasteiger partial charge < -0.3 is 5.32 Å². The van der Waals surface area contributed by atoms with E-state index in [2.05, 4.69) is 36.6 Å². The van der Waals surface area contributed by atoms with Crippen molar-refractivity contribution in [2.24, 2.45) is 23.2 Å². The van der Waals surface area contributed by atoms with Gasteiger partial charge in [-0.15, -0.1) is 0 Å². The summed E-state index contributed by atoms with van der Waals surface area (Å²) in [6.45, 7) is 4.33. The monoisotopic (exact) mass is 339 g/mol. The highest BCUT2D eigenvalue weighted by molar-refractivity contribution is 6.04. The molecule has 1 amide bonds. The maximum absolute atomic E-state index is 12.9. The molecule has 0 aliphatic heterocycles. The fourth-order valence-corrected chi connectivity index (χ4v) is 5.76. The van der Waals surface area contributed by atoms with Crippen LogP contribution in [0.1, 0.15) is 63.9 Å².